The molecule has 1 unspecified atom stereocenters. The van der Waals surface area contributed by atoms with Crippen LogP contribution in [0.1, 0.15) is 50.3 Å². The molecule has 0 bridgehead atoms. The van der Waals surface area contributed by atoms with E-state index in [4.69, 9.17) is 0 Å². The summed E-state index contributed by atoms with van der Waals surface area (Å²) in [5.41, 5.74) is 3.02. The fourth-order valence-corrected chi connectivity index (χ4v) is 3.61. The molecule has 112 valence electrons. The zero-order valence-electron chi connectivity index (χ0n) is 13.0. The molecule has 1 atom stereocenters. The van der Waals surface area contributed by atoms with E-state index in [0.717, 1.165) is 13.1 Å². The van der Waals surface area contributed by atoms with Gasteiger partial charge in [-0.3, -0.25) is 4.68 Å². The van der Waals surface area contributed by atoms with Crippen molar-refractivity contribution in [3.8, 4) is 0 Å². The molecule has 1 N–H and O–H groups in total. The summed E-state index contributed by atoms with van der Waals surface area (Å²) < 4.78 is 2.02. The minimum atomic E-state index is 0.235. The highest BCUT2D eigenvalue weighted by Gasteiger charge is 2.46. The second-order valence-corrected chi connectivity index (χ2v) is 6.00. The van der Waals surface area contributed by atoms with Crippen LogP contribution in [0.2, 0.25) is 0 Å². The first-order chi connectivity index (χ1) is 10.3. The van der Waals surface area contributed by atoms with E-state index < -0.39 is 0 Å². The molecular formula is C18H25N3. The summed E-state index contributed by atoms with van der Waals surface area (Å²) in [6.07, 6.45) is 8.08. The van der Waals surface area contributed by atoms with Gasteiger partial charge in [0.1, 0.15) is 0 Å². The van der Waals surface area contributed by atoms with Gasteiger partial charge >= 0.3 is 0 Å². The minimum Gasteiger partial charge on any atom is -0.309 e. The van der Waals surface area contributed by atoms with Crippen LogP contribution in [-0.4, -0.2) is 16.3 Å². The van der Waals surface area contributed by atoms with Gasteiger partial charge in [-0.15, -0.1) is 0 Å². The van der Waals surface area contributed by atoms with Crippen LogP contribution in [0.15, 0.2) is 42.7 Å². The van der Waals surface area contributed by atoms with Gasteiger partial charge in [-0.2, -0.15) is 5.10 Å². The Bertz CT molecular complexity index is 569. The highest BCUT2D eigenvalue weighted by atomic mass is 15.3. The molecule has 2 aromatic rings. The van der Waals surface area contributed by atoms with E-state index in [-0.39, 0.29) is 5.41 Å². The largest absolute Gasteiger partial charge is 0.309 e. The normalized spacial score (nSPS) is 18.2. The van der Waals surface area contributed by atoms with Crippen LogP contribution in [0.5, 0.6) is 0 Å². The quantitative estimate of drug-likeness (QED) is 0.876. The Kier molecular flexibility index (Phi) is 4.11. The smallest absolute Gasteiger partial charge is 0.0537 e. The molecule has 1 heterocycles. The zero-order chi connectivity index (χ0) is 14.7. The number of aromatic nitrogens is 2. The maximum absolute atomic E-state index is 4.48. The van der Waals surface area contributed by atoms with Crippen LogP contribution < -0.4 is 5.32 Å². The first-order valence-corrected chi connectivity index (χ1v) is 8.11. The lowest BCUT2D eigenvalue weighted by Crippen LogP contribution is -2.46. The zero-order valence-corrected chi connectivity index (χ0v) is 13.0. The third-order valence-electron chi connectivity index (χ3n) is 4.87. The highest BCUT2D eigenvalue weighted by Crippen LogP contribution is 2.52. The summed E-state index contributed by atoms with van der Waals surface area (Å²) in [5, 5.41) is 8.20. The second-order valence-electron chi connectivity index (χ2n) is 6.00. The van der Waals surface area contributed by atoms with Gasteiger partial charge in [-0.25, -0.2) is 0 Å². The summed E-state index contributed by atoms with van der Waals surface area (Å²) in [6.45, 7) is 6.23. The van der Waals surface area contributed by atoms with Crippen molar-refractivity contribution < 1.29 is 0 Å². The van der Waals surface area contributed by atoms with Gasteiger partial charge in [0.2, 0.25) is 0 Å². The van der Waals surface area contributed by atoms with E-state index in [1.807, 2.05) is 10.9 Å². The average Bonchev–Trinajstić information content (AvgIpc) is 2.95. The molecule has 1 aromatic heterocycles. The fourth-order valence-electron chi connectivity index (χ4n) is 3.61. The van der Waals surface area contributed by atoms with Crippen molar-refractivity contribution in [2.24, 2.45) is 0 Å². The molecule has 1 aromatic carbocycles. The van der Waals surface area contributed by atoms with Gasteiger partial charge in [-0.05, 0) is 31.9 Å². The fraction of sp³-hybridized carbons (Fsp3) is 0.500. The third kappa shape index (κ3) is 2.51. The van der Waals surface area contributed by atoms with Gasteiger partial charge in [0, 0.05) is 29.8 Å². The van der Waals surface area contributed by atoms with Crippen LogP contribution in [-0.2, 0) is 12.0 Å². The standard InChI is InChI=1S/C18H25N3/c1-3-19-17(15-13-20-21(4-2)14-15)18(11-8-12-18)16-9-6-5-7-10-16/h5-7,9-10,13-14,17,19H,3-4,8,11-12H2,1-2H3. The molecule has 0 spiro atoms. The van der Waals surface area contributed by atoms with Crippen LogP contribution in [0.25, 0.3) is 0 Å². The number of nitrogens with one attached hydrogen (secondary N) is 1. The van der Waals surface area contributed by atoms with E-state index in [1.165, 1.54) is 30.4 Å². The topological polar surface area (TPSA) is 29.9 Å². The maximum Gasteiger partial charge on any atom is 0.0537 e. The molecule has 1 aliphatic carbocycles. The van der Waals surface area contributed by atoms with Crippen molar-refractivity contribution >= 4 is 0 Å². The molecule has 0 radical (unpaired) electrons. The van der Waals surface area contributed by atoms with E-state index >= 15 is 0 Å². The first-order valence-electron chi connectivity index (χ1n) is 8.11. The van der Waals surface area contributed by atoms with E-state index in [1.54, 1.807) is 0 Å². The van der Waals surface area contributed by atoms with Gasteiger partial charge < -0.3 is 5.32 Å². The number of benzene rings is 1. The summed E-state index contributed by atoms with van der Waals surface area (Å²) >= 11 is 0. The Labute approximate surface area is 127 Å². The molecule has 0 saturated heterocycles. The SMILES string of the molecule is CCNC(c1cnn(CC)c1)C1(c2ccccc2)CCC1. The number of hydrogen-bond acceptors (Lipinski definition) is 2. The molecule has 0 aliphatic heterocycles. The third-order valence-corrected chi connectivity index (χ3v) is 4.87. The predicted octanol–water partition coefficient (Wildman–Crippen LogP) is 3.68. The molecule has 3 heteroatoms. The highest BCUT2D eigenvalue weighted by molar-refractivity contribution is 5.34. The second kappa shape index (κ2) is 6.02. The number of hydrogen-bond donors (Lipinski definition) is 1. The van der Waals surface area contributed by atoms with Gasteiger partial charge in [0.15, 0.2) is 0 Å². The van der Waals surface area contributed by atoms with Crippen molar-refractivity contribution in [2.45, 2.75) is 51.1 Å². The summed E-state index contributed by atoms with van der Waals surface area (Å²) in [6, 6.07) is 11.4. The summed E-state index contributed by atoms with van der Waals surface area (Å²) in [5.74, 6) is 0. The van der Waals surface area contributed by atoms with Gasteiger partial charge in [-0.1, -0.05) is 43.7 Å². The number of likely N-dealkylation sites (N-methyl/N-ethyl adjacent to an activating group) is 1. The Morgan fingerprint density at radius 1 is 1.24 bits per heavy atom. The lowest BCUT2D eigenvalue weighted by atomic mass is 9.59. The summed E-state index contributed by atoms with van der Waals surface area (Å²) in [4.78, 5) is 0. The molecule has 1 fully saturated rings. The lowest BCUT2D eigenvalue weighted by molar-refractivity contribution is 0.171. The Morgan fingerprint density at radius 3 is 2.52 bits per heavy atom. The van der Waals surface area contributed by atoms with Crippen molar-refractivity contribution in [1.82, 2.24) is 15.1 Å². The maximum atomic E-state index is 4.48. The molecule has 21 heavy (non-hydrogen) atoms. The number of rotatable bonds is 6. The van der Waals surface area contributed by atoms with Crippen molar-refractivity contribution in [3.05, 3.63) is 53.9 Å². The number of nitrogens with zero attached hydrogens (tertiary/aromatic N) is 2. The number of aryl methyl sites for hydroxylation is 1. The van der Waals surface area contributed by atoms with Crippen molar-refractivity contribution in [1.29, 1.82) is 0 Å². The van der Waals surface area contributed by atoms with E-state index in [2.05, 4.69) is 60.8 Å². The lowest BCUT2D eigenvalue weighted by Gasteiger charge is -2.48. The Hall–Kier alpha value is -1.61. The first kappa shape index (κ1) is 14.3. The predicted molar refractivity (Wildman–Crippen MR) is 86.3 cm³/mol. The van der Waals surface area contributed by atoms with E-state index in [9.17, 15) is 0 Å². The average molecular weight is 283 g/mol. The van der Waals surface area contributed by atoms with Crippen LogP contribution in [0.4, 0.5) is 0 Å². The van der Waals surface area contributed by atoms with E-state index in [0.29, 0.717) is 6.04 Å². The molecule has 1 aliphatic rings. The molecule has 3 nitrogen and oxygen atoms in total. The minimum absolute atomic E-state index is 0.235. The van der Waals surface area contributed by atoms with Crippen molar-refractivity contribution in [2.75, 3.05) is 6.54 Å². The Morgan fingerprint density at radius 2 is 2.00 bits per heavy atom. The van der Waals surface area contributed by atoms with Crippen LogP contribution in [0, 0.1) is 0 Å². The van der Waals surface area contributed by atoms with Crippen LogP contribution in [0.3, 0.4) is 0 Å². The summed E-state index contributed by atoms with van der Waals surface area (Å²) in [7, 11) is 0. The van der Waals surface area contributed by atoms with Crippen molar-refractivity contribution in [3.63, 3.8) is 0 Å². The molecule has 1 saturated carbocycles. The molecule has 0 amide bonds. The Balaban J connectivity index is 1.98. The monoisotopic (exact) mass is 283 g/mol. The van der Waals surface area contributed by atoms with Gasteiger partial charge in [0.25, 0.3) is 0 Å². The molecular weight excluding hydrogens is 258 g/mol. The van der Waals surface area contributed by atoms with Gasteiger partial charge in [0.05, 0.1) is 6.20 Å². The molecule has 3 rings (SSSR count). The van der Waals surface area contributed by atoms with Crippen LogP contribution >= 0.6 is 0 Å².